The van der Waals surface area contributed by atoms with Crippen LogP contribution in [0, 0.1) is 0 Å². The average Bonchev–Trinajstić information content (AvgIpc) is 2.85. The standard InChI is InChI=1S/C17H33N3O2/c1-5-11-19(12-6-2)13-7-10-18-17(22)15-8-9-16(21)20(15)14(3)4/h14-15H,5-13H2,1-4H3,(H,18,22)/t15-/m0/s1. The molecule has 1 N–H and O–H groups in total. The summed E-state index contributed by atoms with van der Waals surface area (Å²) in [6.07, 6.45) is 4.45. The molecule has 1 atom stereocenters. The highest BCUT2D eigenvalue weighted by Gasteiger charge is 2.37. The van der Waals surface area contributed by atoms with Gasteiger partial charge < -0.3 is 15.1 Å². The predicted molar refractivity (Wildman–Crippen MR) is 89.7 cm³/mol. The van der Waals surface area contributed by atoms with Gasteiger partial charge in [0.25, 0.3) is 0 Å². The molecular weight excluding hydrogens is 278 g/mol. The van der Waals surface area contributed by atoms with Crippen molar-refractivity contribution in [3.8, 4) is 0 Å². The van der Waals surface area contributed by atoms with Gasteiger partial charge in [-0.3, -0.25) is 9.59 Å². The van der Waals surface area contributed by atoms with Crippen molar-refractivity contribution >= 4 is 11.8 Å². The van der Waals surface area contributed by atoms with E-state index >= 15 is 0 Å². The Morgan fingerprint density at radius 1 is 1.27 bits per heavy atom. The summed E-state index contributed by atoms with van der Waals surface area (Å²) in [4.78, 5) is 28.3. The summed E-state index contributed by atoms with van der Waals surface area (Å²) in [5, 5.41) is 3.01. The number of hydrogen-bond donors (Lipinski definition) is 1. The highest BCUT2D eigenvalue weighted by Crippen LogP contribution is 2.21. The first-order chi connectivity index (χ1) is 10.5. The van der Waals surface area contributed by atoms with Crippen molar-refractivity contribution in [2.45, 2.75) is 71.9 Å². The van der Waals surface area contributed by atoms with Crippen LogP contribution in [0.2, 0.25) is 0 Å². The van der Waals surface area contributed by atoms with Gasteiger partial charge in [0.2, 0.25) is 11.8 Å². The molecule has 0 aromatic rings. The number of carbonyl (C=O) groups is 2. The quantitative estimate of drug-likeness (QED) is 0.628. The molecular formula is C17H33N3O2. The minimum absolute atomic E-state index is 0.0112. The second kappa shape index (κ2) is 9.82. The zero-order valence-corrected chi connectivity index (χ0v) is 14.7. The zero-order chi connectivity index (χ0) is 16.5. The SMILES string of the molecule is CCCN(CCC)CCCNC(=O)[C@@H]1CCC(=O)N1C(C)C. The third kappa shape index (κ3) is 5.59. The van der Waals surface area contributed by atoms with E-state index < -0.39 is 0 Å². The van der Waals surface area contributed by atoms with Crippen LogP contribution in [-0.2, 0) is 9.59 Å². The van der Waals surface area contributed by atoms with Crippen LogP contribution in [-0.4, -0.2) is 59.9 Å². The highest BCUT2D eigenvalue weighted by molar-refractivity contribution is 5.91. The molecule has 5 nitrogen and oxygen atoms in total. The first-order valence-electron chi connectivity index (χ1n) is 8.82. The Bertz CT molecular complexity index is 352. The first-order valence-corrected chi connectivity index (χ1v) is 8.82. The fraction of sp³-hybridized carbons (Fsp3) is 0.882. The number of amides is 2. The maximum atomic E-state index is 12.3. The molecule has 1 heterocycles. The molecule has 2 amide bonds. The van der Waals surface area contributed by atoms with E-state index in [-0.39, 0.29) is 23.9 Å². The van der Waals surface area contributed by atoms with Gasteiger partial charge in [-0.25, -0.2) is 0 Å². The number of hydrogen-bond acceptors (Lipinski definition) is 3. The molecule has 0 aliphatic carbocycles. The molecule has 1 aliphatic heterocycles. The van der Waals surface area contributed by atoms with Gasteiger partial charge in [-0.1, -0.05) is 13.8 Å². The van der Waals surface area contributed by atoms with Gasteiger partial charge in [0.1, 0.15) is 6.04 Å². The molecule has 1 fully saturated rings. The van der Waals surface area contributed by atoms with Crippen molar-refractivity contribution in [1.82, 2.24) is 15.1 Å². The summed E-state index contributed by atoms with van der Waals surface area (Å²) in [5.74, 6) is 0.115. The summed E-state index contributed by atoms with van der Waals surface area (Å²) < 4.78 is 0. The van der Waals surface area contributed by atoms with Crippen molar-refractivity contribution in [2.75, 3.05) is 26.2 Å². The lowest BCUT2D eigenvalue weighted by molar-refractivity contribution is -0.136. The number of carbonyl (C=O) groups excluding carboxylic acids is 2. The van der Waals surface area contributed by atoms with E-state index in [9.17, 15) is 9.59 Å². The van der Waals surface area contributed by atoms with Gasteiger partial charge in [-0.05, 0) is 59.2 Å². The number of nitrogens with zero attached hydrogens (tertiary/aromatic N) is 2. The molecule has 1 rings (SSSR count). The largest absolute Gasteiger partial charge is 0.354 e. The lowest BCUT2D eigenvalue weighted by Crippen LogP contribution is -2.48. The van der Waals surface area contributed by atoms with Gasteiger partial charge in [0.05, 0.1) is 0 Å². The topological polar surface area (TPSA) is 52.7 Å². The third-order valence-corrected chi connectivity index (χ3v) is 4.14. The van der Waals surface area contributed by atoms with Crippen LogP contribution in [0.25, 0.3) is 0 Å². The van der Waals surface area contributed by atoms with Gasteiger partial charge in [0.15, 0.2) is 0 Å². The van der Waals surface area contributed by atoms with Crippen LogP contribution in [0.3, 0.4) is 0 Å². The second-order valence-electron chi connectivity index (χ2n) is 6.44. The highest BCUT2D eigenvalue weighted by atomic mass is 16.2. The van der Waals surface area contributed by atoms with Crippen molar-refractivity contribution in [3.05, 3.63) is 0 Å². The lowest BCUT2D eigenvalue weighted by atomic mass is 10.2. The summed E-state index contributed by atoms with van der Waals surface area (Å²) in [6, 6.07) is -0.176. The fourth-order valence-electron chi connectivity index (χ4n) is 3.21. The van der Waals surface area contributed by atoms with Crippen LogP contribution in [0.5, 0.6) is 0 Å². The van der Waals surface area contributed by atoms with E-state index in [0.29, 0.717) is 19.4 Å². The molecule has 128 valence electrons. The molecule has 1 aliphatic rings. The summed E-state index contributed by atoms with van der Waals surface area (Å²) in [5.41, 5.74) is 0. The Hall–Kier alpha value is -1.10. The Labute approximate surface area is 135 Å². The Balaban J connectivity index is 2.32. The van der Waals surface area contributed by atoms with Crippen molar-refractivity contribution in [1.29, 1.82) is 0 Å². The Morgan fingerprint density at radius 2 is 1.91 bits per heavy atom. The van der Waals surface area contributed by atoms with Crippen LogP contribution in [0.1, 0.15) is 59.8 Å². The monoisotopic (exact) mass is 311 g/mol. The smallest absolute Gasteiger partial charge is 0.242 e. The van der Waals surface area contributed by atoms with Crippen molar-refractivity contribution in [3.63, 3.8) is 0 Å². The number of rotatable bonds is 10. The van der Waals surface area contributed by atoms with Crippen LogP contribution >= 0.6 is 0 Å². The number of likely N-dealkylation sites (tertiary alicyclic amines) is 1. The van der Waals surface area contributed by atoms with Crippen LogP contribution in [0.15, 0.2) is 0 Å². The van der Waals surface area contributed by atoms with E-state index in [2.05, 4.69) is 24.1 Å². The molecule has 1 saturated heterocycles. The predicted octanol–water partition coefficient (Wildman–Crippen LogP) is 2.01. The molecule has 0 unspecified atom stereocenters. The molecule has 0 bridgehead atoms. The van der Waals surface area contributed by atoms with E-state index in [0.717, 1.165) is 26.1 Å². The van der Waals surface area contributed by atoms with Crippen LogP contribution in [0.4, 0.5) is 0 Å². The van der Waals surface area contributed by atoms with E-state index in [4.69, 9.17) is 0 Å². The van der Waals surface area contributed by atoms with E-state index in [1.807, 2.05) is 13.8 Å². The van der Waals surface area contributed by atoms with Gasteiger partial charge in [-0.2, -0.15) is 0 Å². The molecule has 0 spiro atoms. The zero-order valence-electron chi connectivity index (χ0n) is 14.7. The van der Waals surface area contributed by atoms with Gasteiger partial charge in [-0.15, -0.1) is 0 Å². The maximum absolute atomic E-state index is 12.3. The number of nitrogens with one attached hydrogen (secondary N) is 1. The van der Waals surface area contributed by atoms with Gasteiger partial charge in [0, 0.05) is 19.0 Å². The lowest BCUT2D eigenvalue weighted by Gasteiger charge is -2.28. The summed E-state index contributed by atoms with van der Waals surface area (Å²) >= 11 is 0. The summed E-state index contributed by atoms with van der Waals surface area (Å²) in [7, 11) is 0. The third-order valence-electron chi connectivity index (χ3n) is 4.14. The van der Waals surface area contributed by atoms with Crippen LogP contribution < -0.4 is 5.32 Å². The van der Waals surface area contributed by atoms with E-state index in [1.165, 1.54) is 12.8 Å². The minimum atomic E-state index is -0.269. The Morgan fingerprint density at radius 3 is 2.45 bits per heavy atom. The molecule has 5 heteroatoms. The molecule has 0 aromatic heterocycles. The average molecular weight is 311 g/mol. The molecule has 0 radical (unpaired) electrons. The first kappa shape index (κ1) is 18.9. The molecule has 22 heavy (non-hydrogen) atoms. The van der Waals surface area contributed by atoms with E-state index in [1.54, 1.807) is 4.90 Å². The second-order valence-corrected chi connectivity index (χ2v) is 6.44. The maximum Gasteiger partial charge on any atom is 0.242 e. The fourth-order valence-corrected chi connectivity index (χ4v) is 3.21. The van der Waals surface area contributed by atoms with Gasteiger partial charge >= 0.3 is 0 Å². The summed E-state index contributed by atoms with van der Waals surface area (Å²) in [6.45, 7) is 12.3. The molecule has 0 aromatic carbocycles. The Kier molecular flexibility index (Phi) is 8.46. The van der Waals surface area contributed by atoms with Crippen molar-refractivity contribution in [2.24, 2.45) is 0 Å². The molecule has 0 saturated carbocycles. The normalized spacial score (nSPS) is 18.5. The van der Waals surface area contributed by atoms with Crippen molar-refractivity contribution < 1.29 is 9.59 Å². The minimum Gasteiger partial charge on any atom is -0.354 e.